The van der Waals surface area contributed by atoms with Gasteiger partial charge in [-0.15, -0.1) is 0 Å². The van der Waals surface area contributed by atoms with E-state index in [4.69, 9.17) is 0 Å². The molecule has 0 bridgehead atoms. The average molecular weight is 214 g/mol. The molecule has 80 valence electrons. The minimum atomic E-state index is 0.112. The van der Waals surface area contributed by atoms with Gasteiger partial charge in [0.1, 0.15) is 0 Å². The molecule has 1 unspecified atom stereocenters. The molecule has 0 aromatic rings. The number of hydrogen-bond donors (Lipinski definition) is 1. The smallest absolute Gasteiger partial charge is 0.240 e. The highest BCUT2D eigenvalue weighted by molar-refractivity contribution is 7.99. The van der Waals surface area contributed by atoms with Gasteiger partial charge in [-0.2, -0.15) is 11.8 Å². The van der Waals surface area contributed by atoms with Crippen LogP contribution in [0.5, 0.6) is 0 Å². The Morgan fingerprint density at radius 3 is 3.07 bits per heavy atom. The Morgan fingerprint density at radius 2 is 2.43 bits per heavy atom. The lowest BCUT2D eigenvalue weighted by Gasteiger charge is -2.34. The first-order chi connectivity index (χ1) is 6.79. The van der Waals surface area contributed by atoms with Gasteiger partial charge in [0.05, 0.1) is 6.04 Å². The van der Waals surface area contributed by atoms with Crippen LogP contribution in [-0.2, 0) is 4.79 Å². The van der Waals surface area contributed by atoms with Gasteiger partial charge in [0.15, 0.2) is 0 Å². The number of amides is 1. The Bertz CT molecular complexity index is 216. The van der Waals surface area contributed by atoms with Crippen molar-refractivity contribution in [1.29, 1.82) is 0 Å². The molecule has 0 aromatic heterocycles. The fourth-order valence-electron chi connectivity index (χ4n) is 2.15. The van der Waals surface area contributed by atoms with Crippen molar-refractivity contribution in [2.75, 3.05) is 24.6 Å². The summed E-state index contributed by atoms with van der Waals surface area (Å²) in [5.41, 5.74) is 0. The number of rotatable bonds is 1. The summed E-state index contributed by atoms with van der Waals surface area (Å²) < 4.78 is 0. The molecule has 4 heteroatoms. The van der Waals surface area contributed by atoms with Crippen molar-refractivity contribution in [3.63, 3.8) is 0 Å². The van der Waals surface area contributed by atoms with Crippen molar-refractivity contribution in [3.05, 3.63) is 0 Å². The van der Waals surface area contributed by atoms with E-state index in [0.29, 0.717) is 11.9 Å². The van der Waals surface area contributed by atoms with Gasteiger partial charge in [-0.05, 0) is 26.3 Å². The standard InChI is InChI=1S/C10H18N2OS/c1-8-7-14-6-5-12(8)10(13)9-3-2-4-11-9/h8-9,11H,2-7H2,1H3/t8?,9-/m1/s1. The third kappa shape index (κ3) is 2.06. The average Bonchev–Trinajstić information content (AvgIpc) is 2.70. The Labute approximate surface area is 89.6 Å². The van der Waals surface area contributed by atoms with E-state index < -0.39 is 0 Å². The largest absolute Gasteiger partial charge is 0.337 e. The van der Waals surface area contributed by atoms with Crippen LogP contribution in [0.2, 0.25) is 0 Å². The van der Waals surface area contributed by atoms with Crippen LogP contribution in [0.25, 0.3) is 0 Å². The highest BCUT2D eigenvalue weighted by atomic mass is 32.2. The summed E-state index contributed by atoms with van der Waals surface area (Å²) in [6, 6.07) is 0.532. The fraction of sp³-hybridized carbons (Fsp3) is 0.900. The summed E-state index contributed by atoms with van der Waals surface area (Å²) in [5, 5.41) is 3.28. The number of carbonyl (C=O) groups is 1. The third-order valence-electron chi connectivity index (χ3n) is 3.01. The maximum atomic E-state index is 12.1. The van der Waals surface area contributed by atoms with E-state index in [-0.39, 0.29) is 6.04 Å². The van der Waals surface area contributed by atoms with Crippen molar-refractivity contribution in [3.8, 4) is 0 Å². The van der Waals surface area contributed by atoms with Crippen molar-refractivity contribution < 1.29 is 4.79 Å². The topological polar surface area (TPSA) is 32.3 Å². The minimum absolute atomic E-state index is 0.112. The molecule has 2 rings (SSSR count). The van der Waals surface area contributed by atoms with Crippen molar-refractivity contribution >= 4 is 17.7 Å². The Balaban J connectivity index is 1.94. The molecular formula is C10H18N2OS. The molecule has 0 radical (unpaired) electrons. The normalized spacial score (nSPS) is 33.4. The molecule has 2 aliphatic heterocycles. The van der Waals surface area contributed by atoms with Gasteiger partial charge < -0.3 is 10.2 Å². The number of nitrogens with one attached hydrogen (secondary N) is 1. The van der Waals surface area contributed by atoms with Crippen molar-refractivity contribution in [2.24, 2.45) is 0 Å². The second-order valence-corrected chi connectivity index (χ2v) is 5.25. The second kappa shape index (κ2) is 4.53. The zero-order chi connectivity index (χ0) is 9.97. The Hall–Kier alpha value is -0.220. The summed E-state index contributed by atoms with van der Waals surface area (Å²) in [6.45, 7) is 4.09. The lowest BCUT2D eigenvalue weighted by molar-refractivity contribution is -0.134. The van der Waals surface area contributed by atoms with Gasteiger partial charge in [0, 0.05) is 24.1 Å². The van der Waals surface area contributed by atoms with Crippen LogP contribution in [0.1, 0.15) is 19.8 Å². The molecule has 3 nitrogen and oxygen atoms in total. The van der Waals surface area contributed by atoms with E-state index in [1.54, 1.807) is 0 Å². The van der Waals surface area contributed by atoms with Crippen LogP contribution >= 0.6 is 11.8 Å². The summed E-state index contributed by atoms with van der Waals surface area (Å²) in [6.07, 6.45) is 2.17. The van der Waals surface area contributed by atoms with Gasteiger partial charge in [0.25, 0.3) is 0 Å². The predicted molar refractivity (Wildman–Crippen MR) is 59.5 cm³/mol. The van der Waals surface area contributed by atoms with E-state index in [2.05, 4.69) is 17.1 Å². The summed E-state index contributed by atoms with van der Waals surface area (Å²) in [7, 11) is 0. The fourth-order valence-corrected chi connectivity index (χ4v) is 3.16. The lowest BCUT2D eigenvalue weighted by atomic mass is 10.1. The Kier molecular flexibility index (Phi) is 3.34. The summed E-state index contributed by atoms with van der Waals surface area (Å²) in [4.78, 5) is 14.1. The minimum Gasteiger partial charge on any atom is -0.337 e. The molecule has 14 heavy (non-hydrogen) atoms. The molecule has 2 heterocycles. The number of nitrogens with zero attached hydrogens (tertiary/aromatic N) is 1. The highest BCUT2D eigenvalue weighted by Gasteiger charge is 2.30. The van der Waals surface area contributed by atoms with E-state index in [1.165, 1.54) is 0 Å². The number of hydrogen-bond acceptors (Lipinski definition) is 3. The van der Waals surface area contributed by atoms with E-state index in [9.17, 15) is 4.79 Å². The molecule has 2 saturated heterocycles. The molecule has 0 aliphatic carbocycles. The quantitative estimate of drug-likeness (QED) is 0.697. The number of carbonyl (C=O) groups excluding carboxylic acids is 1. The van der Waals surface area contributed by atoms with E-state index in [1.807, 2.05) is 11.8 Å². The maximum absolute atomic E-state index is 12.1. The van der Waals surface area contributed by atoms with Crippen molar-refractivity contribution in [2.45, 2.75) is 31.8 Å². The zero-order valence-electron chi connectivity index (χ0n) is 8.66. The molecule has 0 saturated carbocycles. The molecule has 2 atom stereocenters. The number of thioether (sulfide) groups is 1. The van der Waals surface area contributed by atoms with Crippen LogP contribution in [0, 0.1) is 0 Å². The summed E-state index contributed by atoms with van der Waals surface area (Å²) >= 11 is 1.95. The molecular weight excluding hydrogens is 196 g/mol. The monoisotopic (exact) mass is 214 g/mol. The first kappa shape index (κ1) is 10.3. The van der Waals surface area contributed by atoms with E-state index >= 15 is 0 Å². The lowest BCUT2D eigenvalue weighted by Crippen LogP contribution is -2.51. The van der Waals surface area contributed by atoms with E-state index in [0.717, 1.165) is 37.4 Å². The van der Waals surface area contributed by atoms with Gasteiger partial charge in [0.2, 0.25) is 5.91 Å². The van der Waals surface area contributed by atoms with Crippen LogP contribution in [0.3, 0.4) is 0 Å². The molecule has 2 aliphatic rings. The first-order valence-electron chi connectivity index (χ1n) is 5.40. The van der Waals surface area contributed by atoms with Crippen LogP contribution in [0.4, 0.5) is 0 Å². The molecule has 0 aromatic carbocycles. The zero-order valence-corrected chi connectivity index (χ0v) is 9.48. The highest BCUT2D eigenvalue weighted by Crippen LogP contribution is 2.18. The van der Waals surface area contributed by atoms with Gasteiger partial charge in [-0.25, -0.2) is 0 Å². The van der Waals surface area contributed by atoms with Crippen LogP contribution < -0.4 is 5.32 Å². The molecule has 0 spiro atoms. The Morgan fingerprint density at radius 1 is 1.57 bits per heavy atom. The first-order valence-corrected chi connectivity index (χ1v) is 6.56. The van der Waals surface area contributed by atoms with Gasteiger partial charge in [-0.3, -0.25) is 4.79 Å². The third-order valence-corrected chi connectivity index (χ3v) is 4.20. The van der Waals surface area contributed by atoms with Crippen molar-refractivity contribution in [1.82, 2.24) is 10.2 Å². The predicted octanol–water partition coefficient (Wildman–Crippen LogP) is 0.702. The second-order valence-electron chi connectivity index (χ2n) is 4.10. The summed E-state index contributed by atoms with van der Waals surface area (Å²) in [5.74, 6) is 2.52. The van der Waals surface area contributed by atoms with Crippen LogP contribution in [0.15, 0.2) is 0 Å². The van der Waals surface area contributed by atoms with Gasteiger partial charge in [-0.1, -0.05) is 0 Å². The van der Waals surface area contributed by atoms with Gasteiger partial charge >= 0.3 is 0 Å². The SMILES string of the molecule is CC1CSCCN1C(=O)[C@H]1CCCN1. The van der Waals surface area contributed by atoms with Crippen LogP contribution in [-0.4, -0.2) is 47.5 Å². The molecule has 1 N–H and O–H groups in total. The maximum Gasteiger partial charge on any atom is 0.240 e. The molecule has 2 fully saturated rings. The molecule has 1 amide bonds.